The van der Waals surface area contributed by atoms with Crippen LogP contribution in [0.3, 0.4) is 0 Å². The van der Waals surface area contributed by atoms with Gasteiger partial charge in [0.1, 0.15) is 18.6 Å². The minimum Gasteiger partial charge on any atom is -0.487 e. The van der Waals surface area contributed by atoms with E-state index >= 15 is 0 Å². The molecular weight excluding hydrogens is 597 g/mol. The number of aromatic nitrogens is 1. The van der Waals surface area contributed by atoms with Gasteiger partial charge in [-0.2, -0.15) is 0 Å². The van der Waals surface area contributed by atoms with Crippen molar-refractivity contribution in [1.82, 2.24) is 14.8 Å². The molecule has 0 aliphatic carbocycles. The molecule has 228 valence electrons. The molecule has 0 radical (unpaired) electrons. The number of carbonyl (C=O) groups excluding carboxylic acids is 1. The first-order chi connectivity index (χ1) is 21.4. The molecule has 7 nitrogen and oxygen atoms in total. The van der Waals surface area contributed by atoms with Crippen molar-refractivity contribution in [2.75, 3.05) is 32.8 Å². The molecule has 5 rings (SSSR count). The van der Waals surface area contributed by atoms with Crippen LogP contribution in [0, 0.1) is 6.92 Å². The average Bonchev–Trinajstić information content (AvgIpc) is 3.03. The molecule has 44 heavy (non-hydrogen) atoms. The number of rotatable bonds is 12. The second-order valence-corrected chi connectivity index (χ2v) is 11.5. The number of pyridine rings is 1. The maximum absolute atomic E-state index is 11.6. The molecule has 0 amide bonds. The summed E-state index contributed by atoms with van der Waals surface area (Å²) in [6.07, 6.45) is 4.69. The Morgan fingerprint density at radius 1 is 0.955 bits per heavy atom. The highest BCUT2D eigenvalue weighted by atomic mass is 35.5. The minimum absolute atomic E-state index is 0.159. The maximum Gasteiger partial charge on any atom is 0.219 e. The highest BCUT2D eigenvalue weighted by molar-refractivity contribution is 6.32. The van der Waals surface area contributed by atoms with Gasteiger partial charge in [0.2, 0.25) is 5.88 Å². The minimum atomic E-state index is 0.159. The summed E-state index contributed by atoms with van der Waals surface area (Å²) in [5.74, 6) is 1.48. The van der Waals surface area contributed by atoms with Crippen LogP contribution in [-0.2, 0) is 24.4 Å². The molecule has 0 unspecified atom stereocenters. The second kappa shape index (κ2) is 15.2. The van der Waals surface area contributed by atoms with E-state index in [1.807, 2.05) is 43.3 Å². The third-order valence-corrected chi connectivity index (χ3v) is 8.21. The van der Waals surface area contributed by atoms with Crippen molar-refractivity contribution in [3.8, 4) is 17.4 Å². The normalized spacial score (nSPS) is 14.0. The van der Waals surface area contributed by atoms with Gasteiger partial charge in [0.25, 0.3) is 0 Å². The number of aryl methyl sites for hydroxylation is 1. The van der Waals surface area contributed by atoms with Gasteiger partial charge in [-0.15, -0.1) is 0 Å². The first-order valence-corrected chi connectivity index (χ1v) is 15.3. The van der Waals surface area contributed by atoms with Gasteiger partial charge in [-0.05, 0) is 59.9 Å². The molecule has 0 saturated carbocycles. The van der Waals surface area contributed by atoms with Crippen molar-refractivity contribution in [1.29, 1.82) is 0 Å². The first-order valence-electron chi connectivity index (χ1n) is 14.6. The van der Waals surface area contributed by atoms with E-state index in [1.165, 1.54) is 5.56 Å². The molecule has 9 heteroatoms. The van der Waals surface area contributed by atoms with Gasteiger partial charge in [0.05, 0.1) is 11.2 Å². The summed E-state index contributed by atoms with van der Waals surface area (Å²) in [6.45, 7) is 6.58. The lowest BCUT2D eigenvalue weighted by atomic mass is 10.1. The number of nitrogens with zero attached hydrogens (tertiary/aromatic N) is 3. The highest BCUT2D eigenvalue weighted by Crippen LogP contribution is 2.36. The van der Waals surface area contributed by atoms with Gasteiger partial charge in [0, 0.05) is 67.8 Å². The SMILES string of the molecule is Cc1cc(/C(=C\C=O)N2CCN(Cc3ccc(CCO)cc3)CC2)cc(Cl)c1Oc1ccc(OCc2ccccc2Cl)cn1. The monoisotopic (exact) mass is 631 g/mol. The third-order valence-electron chi connectivity index (χ3n) is 7.56. The topological polar surface area (TPSA) is 75.1 Å². The van der Waals surface area contributed by atoms with Crippen molar-refractivity contribution in [2.45, 2.75) is 26.5 Å². The van der Waals surface area contributed by atoms with E-state index in [4.69, 9.17) is 37.8 Å². The molecule has 4 aromatic rings. The molecule has 0 atom stereocenters. The number of hydrogen-bond acceptors (Lipinski definition) is 7. The van der Waals surface area contributed by atoms with Crippen LogP contribution >= 0.6 is 23.2 Å². The van der Waals surface area contributed by atoms with Gasteiger partial charge < -0.3 is 19.5 Å². The molecule has 0 bridgehead atoms. The number of allylic oxidation sites excluding steroid dienone is 1. The van der Waals surface area contributed by atoms with E-state index < -0.39 is 0 Å². The van der Waals surface area contributed by atoms with Crippen LogP contribution in [0.2, 0.25) is 10.0 Å². The number of hydrogen-bond donors (Lipinski definition) is 1. The number of aldehydes is 1. The van der Waals surface area contributed by atoms with Crippen LogP contribution in [0.4, 0.5) is 0 Å². The van der Waals surface area contributed by atoms with Gasteiger partial charge in [0.15, 0.2) is 5.75 Å². The molecule has 1 aliphatic heterocycles. The molecule has 1 saturated heterocycles. The summed E-state index contributed by atoms with van der Waals surface area (Å²) in [4.78, 5) is 20.7. The van der Waals surface area contributed by atoms with E-state index in [1.54, 1.807) is 24.4 Å². The lowest BCUT2D eigenvalue weighted by molar-refractivity contribution is -0.104. The zero-order valence-electron chi connectivity index (χ0n) is 24.6. The van der Waals surface area contributed by atoms with Crippen LogP contribution in [0.25, 0.3) is 5.70 Å². The predicted octanol–water partition coefficient (Wildman–Crippen LogP) is 6.96. The summed E-state index contributed by atoms with van der Waals surface area (Å²) >= 11 is 12.9. The van der Waals surface area contributed by atoms with E-state index in [2.05, 4.69) is 39.0 Å². The van der Waals surface area contributed by atoms with Gasteiger partial charge in [-0.25, -0.2) is 4.98 Å². The molecular formula is C35H35Cl2N3O4. The van der Waals surface area contributed by atoms with Gasteiger partial charge in [-0.3, -0.25) is 9.69 Å². The molecule has 1 aliphatic rings. The number of aliphatic hydroxyl groups excluding tert-OH is 1. The van der Waals surface area contributed by atoms with E-state index in [0.717, 1.165) is 67.0 Å². The molecule has 2 heterocycles. The lowest BCUT2D eigenvalue weighted by Gasteiger charge is -2.37. The third kappa shape index (κ3) is 8.18. The van der Waals surface area contributed by atoms with Crippen molar-refractivity contribution in [3.05, 3.63) is 123 Å². The predicted molar refractivity (Wildman–Crippen MR) is 174 cm³/mol. The highest BCUT2D eigenvalue weighted by Gasteiger charge is 2.21. The second-order valence-electron chi connectivity index (χ2n) is 10.7. The molecule has 1 N–H and O–H groups in total. The van der Waals surface area contributed by atoms with E-state index in [9.17, 15) is 4.79 Å². The summed E-state index contributed by atoms with van der Waals surface area (Å²) < 4.78 is 11.9. The number of halogens is 2. The fraction of sp³-hybridized carbons (Fsp3) is 0.257. The Labute approximate surface area is 268 Å². The number of aliphatic hydroxyl groups is 1. The Balaban J connectivity index is 1.20. The van der Waals surface area contributed by atoms with Crippen molar-refractivity contribution < 1.29 is 19.4 Å². The van der Waals surface area contributed by atoms with Crippen LogP contribution in [-0.4, -0.2) is 59.0 Å². The Morgan fingerprint density at radius 3 is 2.36 bits per heavy atom. The Kier molecular flexibility index (Phi) is 10.9. The van der Waals surface area contributed by atoms with Crippen molar-refractivity contribution in [2.24, 2.45) is 0 Å². The zero-order chi connectivity index (χ0) is 30.9. The van der Waals surface area contributed by atoms with E-state index in [0.29, 0.717) is 40.5 Å². The lowest BCUT2D eigenvalue weighted by Crippen LogP contribution is -2.45. The fourth-order valence-corrected chi connectivity index (χ4v) is 5.69. The Morgan fingerprint density at radius 2 is 1.70 bits per heavy atom. The molecule has 3 aromatic carbocycles. The zero-order valence-corrected chi connectivity index (χ0v) is 26.1. The fourth-order valence-electron chi connectivity index (χ4n) is 5.20. The van der Waals surface area contributed by atoms with Crippen molar-refractivity contribution in [3.63, 3.8) is 0 Å². The summed E-state index contributed by atoms with van der Waals surface area (Å²) in [7, 11) is 0. The van der Waals surface area contributed by atoms with Crippen LogP contribution < -0.4 is 9.47 Å². The largest absolute Gasteiger partial charge is 0.487 e. The molecule has 1 fully saturated rings. The average molecular weight is 633 g/mol. The van der Waals surface area contributed by atoms with Crippen LogP contribution in [0.5, 0.6) is 17.4 Å². The molecule has 0 spiro atoms. The standard InChI is InChI=1S/C35H35Cl2N3O4/c1-25-20-29(33(13-19-42)40-16-14-39(15-17-40)23-27-8-6-26(7-9-27)12-18-41)21-32(37)35(25)44-34-11-10-30(22-38-34)43-24-28-4-2-3-5-31(28)36/h2-11,13,19-22,41H,12,14-18,23-24H2,1H3/b33-13+. The summed E-state index contributed by atoms with van der Waals surface area (Å²) in [5, 5.41) is 10.2. The number of benzene rings is 3. The Hall–Kier alpha value is -3.88. The van der Waals surface area contributed by atoms with Gasteiger partial charge >= 0.3 is 0 Å². The van der Waals surface area contributed by atoms with Crippen LogP contribution in [0.15, 0.2) is 85.1 Å². The summed E-state index contributed by atoms with van der Waals surface area (Å²) in [5.41, 5.74) is 5.80. The quantitative estimate of drug-likeness (QED) is 0.134. The van der Waals surface area contributed by atoms with Crippen LogP contribution in [0.1, 0.15) is 27.8 Å². The smallest absolute Gasteiger partial charge is 0.219 e. The summed E-state index contributed by atoms with van der Waals surface area (Å²) in [6, 6.07) is 23.3. The molecule has 1 aromatic heterocycles. The maximum atomic E-state index is 11.6. The Bertz CT molecular complexity index is 1560. The number of carbonyl (C=O) groups is 1. The first kappa shape index (κ1) is 31.5. The van der Waals surface area contributed by atoms with Crippen molar-refractivity contribution >= 4 is 35.2 Å². The van der Waals surface area contributed by atoms with E-state index in [-0.39, 0.29) is 6.61 Å². The van der Waals surface area contributed by atoms with Gasteiger partial charge in [-0.1, -0.05) is 65.7 Å². The number of piperazine rings is 1. The number of ether oxygens (including phenoxy) is 2.